The Morgan fingerprint density at radius 2 is 2.12 bits per heavy atom. The standard InChI is InChI=1S/C21H23F3N4O4/c1-12-5-14(8-27-19(12)32-11-21(22,23)24)9-28-10-16-15(20(28)31)3-4-25-17(16)6-18(30)26-7-13(2)29/h3-5,8,13,29H,6-7,9-11H2,1-2H3,(H,26,30)/t13-/m1/s1. The van der Waals surface area contributed by atoms with Crippen molar-refractivity contribution >= 4 is 11.8 Å². The van der Waals surface area contributed by atoms with E-state index in [1.54, 1.807) is 30.9 Å². The highest BCUT2D eigenvalue weighted by molar-refractivity contribution is 5.98. The van der Waals surface area contributed by atoms with Gasteiger partial charge in [-0.15, -0.1) is 0 Å². The summed E-state index contributed by atoms with van der Waals surface area (Å²) >= 11 is 0. The third-order valence-electron chi connectivity index (χ3n) is 4.77. The van der Waals surface area contributed by atoms with Gasteiger partial charge in [0.05, 0.1) is 18.2 Å². The molecule has 0 radical (unpaired) electrons. The molecule has 172 valence electrons. The largest absolute Gasteiger partial charge is 0.468 e. The molecule has 0 bridgehead atoms. The number of ether oxygens (including phenoxy) is 1. The Hall–Kier alpha value is -3.21. The second-order valence-electron chi connectivity index (χ2n) is 7.64. The number of halogens is 3. The third-order valence-corrected chi connectivity index (χ3v) is 4.77. The fraction of sp³-hybridized carbons (Fsp3) is 0.429. The van der Waals surface area contributed by atoms with Crippen LogP contribution in [0.1, 0.15) is 39.7 Å². The molecule has 2 aromatic heterocycles. The summed E-state index contributed by atoms with van der Waals surface area (Å²) in [5, 5.41) is 11.9. The van der Waals surface area contributed by atoms with E-state index >= 15 is 0 Å². The Morgan fingerprint density at radius 1 is 1.38 bits per heavy atom. The summed E-state index contributed by atoms with van der Waals surface area (Å²) in [6.45, 7) is 2.26. The number of hydrogen-bond acceptors (Lipinski definition) is 6. The number of fused-ring (bicyclic) bond motifs is 1. The molecule has 0 spiro atoms. The van der Waals surface area contributed by atoms with Gasteiger partial charge in [0.2, 0.25) is 11.8 Å². The molecule has 3 rings (SSSR count). The predicted octanol–water partition coefficient (Wildman–Crippen LogP) is 1.92. The van der Waals surface area contributed by atoms with Crippen molar-refractivity contribution in [1.82, 2.24) is 20.2 Å². The van der Waals surface area contributed by atoms with Gasteiger partial charge in [0.15, 0.2) is 6.61 Å². The molecule has 3 heterocycles. The van der Waals surface area contributed by atoms with Gasteiger partial charge in [0.25, 0.3) is 5.91 Å². The van der Waals surface area contributed by atoms with E-state index in [1.165, 1.54) is 12.4 Å². The van der Waals surface area contributed by atoms with Crippen LogP contribution in [-0.4, -0.2) is 57.2 Å². The molecular formula is C21H23F3N4O4. The second-order valence-corrected chi connectivity index (χ2v) is 7.64. The van der Waals surface area contributed by atoms with E-state index in [4.69, 9.17) is 4.74 Å². The van der Waals surface area contributed by atoms with E-state index in [-0.39, 0.29) is 43.7 Å². The number of rotatable bonds is 8. The summed E-state index contributed by atoms with van der Waals surface area (Å²) in [4.78, 5) is 34.6. The molecule has 0 unspecified atom stereocenters. The van der Waals surface area contributed by atoms with E-state index < -0.39 is 18.9 Å². The van der Waals surface area contributed by atoms with Crippen molar-refractivity contribution < 1.29 is 32.6 Å². The van der Waals surface area contributed by atoms with E-state index in [2.05, 4.69) is 15.3 Å². The van der Waals surface area contributed by atoms with Crippen LogP contribution in [0.5, 0.6) is 5.88 Å². The Morgan fingerprint density at radius 3 is 2.78 bits per heavy atom. The minimum atomic E-state index is -4.46. The van der Waals surface area contributed by atoms with Gasteiger partial charge in [0.1, 0.15) is 0 Å². The number of carbonyl (C=O) groups is 2. The van der Waals surface area contributed by atoms with Gasteiger partial charge < -0.3 is 20.1 Å². The van der Waals surface area contributed by atoms with Crippen LogP contribution >= 0.6 is 0 Å². The molecule has 1 atom stereocenters. The number of alkyl halides is 3. The van der Waals surface area contributed by atoms with Gasteiger partial charge in [-0.05, 0) is 31.5 Å². The van der Waals surface area contributed by atoms with Crippen molar-refractivity contribution in [2.45, 2.75) is 45.6 Å². The zero-order valence-corrected chi connectivity index (χ0v) is 17.6. The summed E-state index contributed by atoms with van der Waals surface area (Å²) < 4.78 is 41.7. The number of aryl methyl sites for hydroxylation is 1. The maximum atomic E-state index is 12.8. The van der Waals surface area contributed by atoms with Crippen LogP contribution in [0, 0.1) is 6.92 Å². The van der Waals surface area contributed by atoms with Crippen molar-refractivity contribution in [3.63, 3.8) is 0 Å². The lowest BCUT2D eigenvalue weighted by atomic mass is 10.1. The van der Waals surface area contributed by atoms with Crippen LogP contribution in [0.25, 0.3) is 0 Å². The fourth-order valence-electron chi connectivity index (χ4n) is 3.33. The van der Waals surface area contributed by atoms with Crippen LogP contribution in [0.15, 0.2) is 24.5 Å². The lowest BCUT2D eigenvalue weighted by Crippen LogP contribution is -2.32. The van der Waals surface area contributed by atoms with Crippen LogP contribution in [0.4, 0.5) is 13.2 Å². The summed E-state index contributed by atoms with van der Waals surface area (Å²) in [5.74, 6) is -0.660. The Kier molecular flexibility index (Phi) is 6.97. The molecular weight excluding hydrogens is 429 g/mol. The number of hydrogen-bond donors (Lipinski definition) is 2. The Balaban J connectivity index is 1.68. The van der Waals surface area contributed by atoms with Crippen molar-refractivity contribution in [3.8, 4) is 5.88 Å². The normalized spacial score (nSPS) is 14.3. The highest BCUT2D eigenvalue weighted by Gasteiger charge is 2.31. The van der Waals surface area contributed by atoms with Crippen LogP contribution in [0.3, 0.4) is 0 Å². The van der Waals surface area contributed by atoms with Crippen LogP contribution < -0.4 is 10.1 Å². The fourth-order valence-corrected chi connectivity index (χ4v) is 3.33. The lowest BCUT2D eigenvalue weighted by Gasteiger charge is -2.17. The minimum absolute atomic E-state index is 0.0249. The smallest absolute Gasteiger partial charge is 0.422 e. The summed E-state index contributed by atoms with van der Waals surface area (Å²) in [6, 6.07) is 3.21. The van der Waals surface area contributed by atoms with Crippen LogP contribution in [-0.2, 0) is 24.3 Å². The molecule has 1 aliphatic rings. The quantitative estimate of drug-likeness (QED) is 0.634. The maximum absolute atomic E-state index is 12.8. The maximum Gasteiger partial charge on any atom is 0.422 e. The SMILES string of the molecule is Cc1cc(CN2Cc3c(ccnc3CC(=O)NC[C@@H](C)O)C2=O)cnc1OCC(F)(F)F. The van der Waals surface area contributed by atoms with Crippen LogP contribution in [0.2, 0.25) is 0 Å². The molecule has 2 aromatic rings. The van der Waals surface area contributed by atoms with Gasteiger partial charge in [-0.25, -0.2) is 4.98 Å². The monoisotopic (exact) mass is 452 g/mol. The number of pyridine rings is 2. The highest BCUT2D eigenvalue weighted by atomic mass is 19.4. The van der Waals surface area contributed by atoms with E-state index in [0.717, 1.165) is 0 Å². The highest BCUT2D eigenvalue weighted by Crippen LogP contribution is 2.27. The molecule has 1 aliphatic heterocycles. The first-order valence-corrected chi connectivity index (χ1v) is 9.89. The predicted molar refractivity (Wildman–Crippen MR) is 107 cm³/mol. The number of carbonyl (C=O) groups excluding carboxylic acids is 2. The number of aromatic nitrogens is 2. The molecule has 11 heteroatoms. The number of aliphatic hydroxyl groups excluding tert-OH is 1. The molecule has 8 nitrogen and oxygen atoms in total. The zero-order chi connectivity index (χ0) is 23.5. The third kappa shape index (κ3) is 5.94. The number of nitrogens with one attached hydrogen (secondary N) is 1. The van der Waals surface area contributed by atoms with E-state index in [9.17, 15) is 27.9 Å². The Bertz CT molecular complexity index is 1010. The molecule has 0 fully saturated rings. The Labute approximate surface area is 182 Å². The van der Waals surface area contributed by atoms with Gasteiger partial charge in [-0.2, -0.15) is 13.2 Å². The van der Waals surface area contributed by atoms with E-state index in [0.29, 0.717) is 27.9 Å². The molecule has 0 aromatic carbocycles. The number of aliphatic hydroxyl groups is 1. The van der Waals surface area contributed by atoms with Gasteiger partial charge in [-0.1, -0.05) is 0 Å². The van der Waals surface area contributed by atoms with Gasteiger partial charge in [0, 0.05) is 48.7 Å². The minimum Gasteiger partial charge on any atom is -0.468 e. The van der Waals surface area contributed by atoms with Crippen molar-refractivity contribution in [2.75, 3.05) is 13.2 Å². The summed E-state index contributed by atoms with van der Waals surface area (Å²) in [7, 11) is 0. The van der Waals surface area contributed by atoms with Crippen molar-refractivity contribution in [3.05, 3.63) is 52.5 Å². The second kappa shape index (κ2) is 9.51. The first-order valence-electron chi connectivity index (χ1n) is 9.89. The van der Waals surface area contributed by atoms with Crippen molar-refractivity contribution in [2.24, 2.45) is 0 Å². The molecule has 32 heavy (non-hydrogen) atoms. The summed E-state index contributed by atoms with van der Waals surface area (Å²) in [5.41, 5.74) is 2.64. The van der Waals surface area contributed by atoms with E-state index in [1.807, 2.05) is 0 Å². The molecule has 2 N–H and O–H groups in total. The first kappa shape index (κ1) is 23.5. The lowest BCUT2D eigenvalue weighted by molar-refractivity contribution is -0.154. The molecule has 0 aliphatic carbocycles. The van der Waals surface area contributed by atoms with Gasteiger partial charge in [-0.3, -0.25) is 14.6 Å². The molecule has 2 amide bonds. The molecule has 0 saturated carbocycles. The average Bonchev–Trinajstić information content (AvgIpc) is 3.02. The van der Waals surface area contributed by atoms with Crippen molar-refractivity contribution in [1.29, 1.82) is 0 Å². The number of nitrogens with zero attached hydrogens (tertiary/aromatic N) is 3. The topological polar surface area (TPSA) is 105 Å². The molecule has 0 saturated heterocycles. The average molecular weight is 452 g/mol. The zero-order valence-electron chi connectivity index (χ0n) is 17.6. The van der Waals surface area contributed by atoms with Gasteiger partial charge >= 0.3 is 6.18 Å². The summed E-state index contributed by atoms with van der Waals surface area (Å²) in [6.07, 6.45) is -2.32. The first-order chi connectivity index (χ1) is 15.0. The number of amides is 2.